The van der Waals surface area contributed by atoms with Gasteiger partial charge in [-0.3, -0.25) is 4.79 Å². The molecule has 0 spiro atoms. The van der Waals surface area contributed by atoms with Crippen molar-refractivity contribution in [2.45, 2.75) is 32.7 Å². The van der Waals surface area contributed by atoms with E-state index in [1.807, 2.05) is 32.0 Å². The molecule has 4 rings (SSSR count). The van der Waals surface area contributed by atoms with Gasteiger partial charge in [0.2, 0.25) is 5.91 Å². The third kappa shape index (κ3) is 5.66. The zero-order chi connectivity index (χ0) is 23.4. The van der Waals surface area contributed by atoms with Crippen LogP contribution in [0, 0.1) is 27.7 Å². The van der Waals surface area contributed by atoms with Crippen LogP contribution in [0.15, 0.2) is 53.8 Å². The lowest BCUT2D eigenvalue weighted by molar-refractivity contribution is -0.113. The number of hydrogen-bond acceptors (Lipinski definition) is 6. The maximum atomic E-state index is 12.6. The Morgan fingerprint density at radius 2 is 1.52 bits per heavy atom. The molecule has 0 unspecified atom stereocenters. The predicted octanol–water partition coefficient (Wildman–Crippen LogP) is 4.77. The summed E-state index contributed by atoms with van der Waals surface area (Å²) < 4.78 is 0. The van der Waals surface area contributed by atoms with Crippen molar-refractivity contribution in [1.29, 1.82) is 0 Å². The number of carbonyl (C=O) groups is 1. The molecule has 2 heterocycles. The topological polar surface area (TPSA) is 61.4 Å². The number of hydrogen-bond donors (Lipinski definition) is 1. The van der Waals surface area contributed by atoms with E-state index in [4.69, 9.17) is 0 Å². The normalized spacial score (nSPS) is 13.8. The van der Waals surface area contributed by atoms with E-state index in [9.17, 15) is 4.79 Å². The molecule has 1 N–H and O–H groups in total. The first-order valence-electron chi connectivity index (χ1n) is 11.3. The Morgan fingerprint density at radius 3 is 2.27 bits per heavy atom. The van der Waals surface area contributed by atoms with Crippen LogP contribution in [-0.4, -0.2) is 47.8 Å². The van der Waals surface area contributed by atoms with E-state index >= 15 is 0 Å². The lowest BCUT2D eigenvalue weighted by Gasteiger charge is -2.37. The Bertz CT molecular complexity index is 1140. The minimum absolute atomic E-state index is 0.0370. The summed E-state index contributed by atoms with van der Waals surface area (Å²) >= 11 is 1.44. The fourth-order valence-electron chi connectivity index (χ4n) is 4.05. The van der Waals surface area contributed by atoms with Crippen molar-refractivity contribution < 1.29 is 4.79 Å². The van der Waals surface area contributed by atoms with E-state index in [1.165, 1.54) is 28.6 Å². The monoisotopic (exact) mass is 461 g/mol. The summed E-state index contributed by atoms with van der Waals surface area (Å²) in [6.45, 7) is 11.9. The van der Waals surface area contributed by atoms with Crippen LogP contribution in [0.5, 0.6) is 0 Å². The molecule has 7 heteroatoms. The number of thioether (sulfide) groups is 1. The number of nitrogens with zero attached hydrogens (tertiary/aromatic N) is 4. The number of carbonyl (C=O) groups excluding carboxylic acids is 1. The summed E-state index contributed by atoms with van der Waals surface area (Å²) in [5, 5.41) is 3.83. The van der Waals surface area contributed by atoms with Crippen molar-refractivity contribution in [3.63, 3.8) is 0 Å². The number of amides is 1. The van der Waals surface area contributed by atoms with Gasteiger partial charge >= 0.3 is 0 Å². The molecular formula is C26H31N5OS. The highest BCUT2D eigenvalue weighted by Crippen LogP contribution is 2.29. The first kappa shape index (κ1) is 23.1. The van der Waals surface area contributed by atoms with E-state index in [-0.39, 0.29) is 5.91 Å². The summed E-state index contributed by atoms with van der Waals surface area (Å²) in [5.74, 6) is 1.12. The fourth-order valence-corrected chi connectivity index (χ4v) is 4.83. The van der Waals surface area contributed by atoms with Gasteiger partial charge in [-0.15, -0.1) is 0 Å². The van der Waals surface area contributed by atoms with E-state index in [2.05, 4.69) is 57.1 Å². The average Bonchev–Trinajstić information content (AvgIpc) is 2.82. The van der Waals surface area contributed by atoms with E-state index in [0.717, 1.165) is 53.8 Å². The van der Waals surface area contributed by atoms with Gasteiger partial charge in [-0.25, -0.2) is 9.97 Å². The van der Waals surface area contributed by atoms with Gasteiger partial charge in [-0.1, -0.05) is 36.0 Å². The van der Waals surface area contributed by atoms with Crippen LogP contribution in [0.1, 0.15) is 22.3 Å². The third-order valence-corrected chi connectivity index (χ3v) is 6.91. The molecule has 0 bridgehead atoms. The minimum Gasteiger partial charge on any atom is -0.368 e. The largest absolute Gasteiger partial charge is 0.368 e. The smallest absolute Gasteiger partial charge is 0.234 e. The molecule has 1 aliphatic heterocycles. The Kier molecular flexibility index (Phi) is 7.18. The standard InChI is InChI=1S/C26H31N5OS/c1-18-5-7-20(3)22(15-18)29-24(32)17-33-26-25(27-9-10-28-26)31-13-11-30(12-14-31)23-16-19(2)6-8-21(23)4/h5-10,15-16H,11-14,17H2,1-4H3,(H,29,32). The lowest BCUT2D eigenvalue weighted by Crippen LogP contribution is -2.47. The summed E-state index contributed by atoms with van der Waals surface area (Å²) in [5.41, 5.74) is 6.94. The first-order chi connectivity index (χ1) is 15.9. The van der Waals surface area contributed by atoms with Crippen molar-refractivity contribution in [1.82, 2.24) is 9.97 Å². The highest BCUT2D eigenvalue weighted by molar-refractivity contribution is 8.00. The molecule has 1 aliphatic rings. The quantitative estimate of drug-likeness (QED) is 0.534. The van der Waals surface area contributed by atoms with Crippen LogP contribution in [0.3, 0.4) is 0 Å². The van der Waals surface area contributed by atoms with Gasteiger partial charge in [0.05, 0.1) is 5.75 Å². The number of nitrogens with one attached hydrogen (secondary N) is 1. The molecule has 172 valence electrons. The van der Waals surface area contributed by atoms with Crippen LogP contribution in [0.2, 0.25) is 0 Å². The predicted molar refractivity (Wildman–Crippen MR) is 138 cm³/mol. The number of piperazine rings is 1. The molecule has 1 saturated heterocycles. The van der Waals surface area contributed by atoms with E-state index in [0.29, 0.717) is 5.75 Å². The Balaban J connectivity index is 1.38. The molecule has 0 saturated carbocycles. The van der Waals surface area contributed by atoms with Crippen LogP contribution >= 0.6 is 11.8 Å². The maximum absolute atomic E-state index is 12.6. The molecular weight excluding hydrogens is 430 g/mol. The minimum atomic E-state index is -0.0370. The molecule has 33 heavy (non-hydrogen) atoms. The van der Waals surface area contributed by atoms with Crippen LogP contribution < -0.4 is 15.1 Å². The van der Waals surface area contributed by atoms with Crippen molar-refractivity contribution in [3.8, 4) is 0 Å². The molecule has 3 aromatic rings. The molecule has 0 radical (unpaired) electrons. The highest BCUT2D eigenvalue weighted by Gasteiger charge is 2.22. The number of rotatable bonds is 6. The van der Waals surface area contributed by atoms with Gasteiger partial charge in [0.25, 0.3) is 0 Å². The van der Waals surface area contributed by atoms with E-state index in [1.54, 1.807) is 12.4 Å². The highest BCUT2D eigenvalue weighted by atomic mass is 32.2. The van der Waals surface area contributed by atoms with Crippen molar-refractivity contribution in [2.24, 2.45) is 0 Å². The summed E-state index contributed by atoms with van der Waals surface area (Å²) in [7, 11) is 0. The molecule has 0 atom stereocenters. The van der Waals surface area contributed by atoms with Crippen molar-refractivity contribution in [2.75, 3.05) is 47.0 Å². The van der Waals surface area contributed by atoms with Gasteiger partial charge in [0, 0.05) is 49.9 Å². The van der Waals surface area contributed by atoms with Gasteiger partial charge in [-0.2, -0.15) is 0 Å². The molecule has 1 fully saturated rings. The second kappa shape index (κ2) is 10.3. The fraction of sp³-hybridized carbons (Fsp3) is 0.346. The van der Waals surface area contributed by atoms with Crippen LogP contribution in [0.25, 0.3) is 0 Å². The SMILES string of the molecule is Cc1ccc(C)c(NC(=O)CSc2nccnc2N2CCN(c3cc(C)ccc3C)CC2)c1. The number of aromatic nitrogens is 2. The molecule has 0 aliphatic carbocycles. The Labute approximate surface area is 200 Å². The molecule has 1 amide bonds. The molecule has 6 nitrogen and oxygen atoms in total. The van der Waals surface area contributed by atoms with Gasteiger partial charge < -0.3 is 15.1 Å². The first-order valence-corrected chi connectivity index (χ1v) is 12.3. The lowest BCUT2D eigenvalue weighted by atomic mass is 10.1. The summed E-state index contributed by atoms with van der Waals surface area (Å²) in [6, 6.07) is 12.7. The average molecular weight is 462 g/mol. The van der Waals surface area contributed by atoms with Gasteiger partial charge in [-0.05, 0) is 62.1 Å². The van der Waals surface area contributed by atoms with Crippen LogP contribution in [-0.2, 0) is 4.79 Å². The maximum Gasteiger partial charge on any atom is 0.234 e. The van der Waals surface area contributed by atoms with Gasteiger partial charge in [0.15, 0.2) is 5.82 Å². The van der Waals surface area contributed by atoms with Crippen molar-refractivity contribution >= 4 is 34.9 Å². The van der Waals surface area contributed by atoms with Crippen LogP contribution in [0.4, 0.5) is 17.2 Å². The second-order valence-corrected chi connectivity index (χ2v) is 9.57. The van der Waals surface area contributed by atoms with E-state index < -0.39 is 0 Å². The summed E-state index contributed by atoms with van der Waals surface area (Å²) in [6.07, 6.45) is 3.42. The Morgan fingerprint density at radius 1 is 0.879 bits per heavy atom. The molecule has 2 aromatic carbocycles. The number of aryl methyl sites for hydroxylation is 4. The second-order valence-electron chi connectivity index (χ2n) is 8.60. The number of benzene rings is 2. The zero-order valence-corrected chi connectivity index (χ0v) is 20.6. The summed E-state index contributed by atoms with van der Waals surface area (Å²) in [4.78, 5) is 26.5. The molecule has 1 aromatic heterocycles. The van der Waals surface area contributed by atoms with Crippen molar-refractivity contribution in [3.05, 3.63) is 71.0 Å². The Hall–Kier alpha value is -3.06. The number of anilines is 3. The zero-order valence-electron chi connectivity index (χ0n) is 19.8. The third-order valence-electron chi connectivity index (χ3n) is 5.94. The van der Waals surface area contributed by atoms with Gasteiger partial charge in [0.1, 0.15) is 5.03 Å².